The predicted octanol–water partition coefficient (Wildman–Crippen LogP) is 3.47. The van der Waals surface area contributed by atoms with E-state index in [1.807, 2.05) is 12.1 Å². The molecule has 3 aromatic rings. The van der Waals surface area contributed by atoms with Gasteiger partial charge in [0.15, 0.2) is 5.82 Å². The molecule has 2 heterocycles. The fourth-order valence-electron chi connectivity index (χ4n) is 2.27. The van der Waals surface area contributed by atoms with Gasteiger partial charge in [0.25, 0.3) is 0 Å². The molecule has 0 bridgehead atoms. The summed E-state index contributed by atoms with van der Waals surface area (Å²) in [5, 5.41) is 7.44. The van der Waals surface area contributed by atoms with Crippen molar-refractivity contribution in [2.45, 2.75) is 26.7 Å². The Morgan fingerprint density at radius 3 is 2.90 bits per heavy atom. The van der Waals surface area contributed by atoms with Gasteiger partial charge in [0.2, 0.25) is 5.91 Å². The molecule has 2 aromatic heterocycles. The van der Waals surface area contributed by atoms with E-state index < -0.39 is 0 Å². The van der Waals surface area contributed by atoms with Gasteiger partial charge in [-0.3, -0.25) is 4.79 Å². The smallest absolute Gasteiger partial charge is 0.230 e. The average molecular weight is 284 g/mol. The number of aromatic nitrogens is 1. The highest BCUT2D eigenvalue weighted by Gasteiger charge is 2.12. The Labute approximate surface area is 121 Å². The second kappa shape index (κ2) is 5.44. The number of aryl methyl sites for hydroxylation is 2. The van der Waals surface area contributed by atoms with Crippen molar-refractivity contribution in [1.82, 2.24) is 5.16 Å². The molecule has 5 nitrogen and oxygen atoms in total. The van der Waals surface area contributed by atoms with Crippen LogP contribution in [0, 0.1) is 6.92 Å². The molecule has 21 heavy (non-hydrogen) atoms. The van der Waals surface area contributed by atoms with E-state index in [9.17, 15) is 4.79 Å². The summed E-state index contributed by atoms with van der Waals surface area (Å²) < 4.78 is 10.4. The molecule has 0 unspecified atom stereocenters. The molecule has 3 rings (SSSR count). The number of hydrogen-bond acceptors (Lipinski definition) is 4. The Balaban J connectivity index is 1.79. The van der Waals surface area contributed by atoms with Crippen LogP contribution in [0.1, 0.15) is 23.8 Å². The highest BCUT2D eigenvalue weighted by Crippen LogP contribution is 2.23. The summed E-state index contributed by atoms with van der Waals surface area (Å²) in [6.45, 7) is 3.87. The molecule has 0 atom stereocenters. The number of anilines is 1. The highest BCUT2D eigenvalue weighted by molar-refractivity contribution is 5.94. The SMILES string of the molecule is CCc1ccc2occ(CC(=O)Nc3cc(C)on3)c2c1. The van der Waals surface area contributed by atoms with Crippen LogP contribution in [-0.2, 0) is 17.6 Å². The van der Waals surface area contributed by atoms with Gasteiger partial charge in [-0.15, -0.1) is 0 Å². The third kappa shape index (κ3) is 2.81. The molecule has 0 aliphatic rings. The minimum atomic E-state index is -0.145. The number of amides is 1. The van der Waals surface area contributed by atoms with Gasteiger partial charge in [-0.1, -0.05) is 18.1 Å². The number of fused-ring (bicyclic) bond motifs is 1. The Morgan fingerprint density at radius 1 is 1.33 bits per heavy atom. The maximum Gasteiger partial charge on any atom is 0.230 e. The van der Waals surface area contributed by atoms with E-state index in [1.54, 1.807) is 19.3 Å². The molecule has 0 saturated heterocycles. The van der Waals surface area contributed by atoms with Crippen LogP contribution in [0.4, 0.5) is 5.82 Å². The van der Waals surface area contributed by atoms with Crippen LogP contribution < -0.4 is 5.32 Å². The first-order valence-corrected chi connectivity index (χ1v) is 6.88. The highest BCUT2D eigenvalue weighted by atomic mass is 16.5. The van der Waals surface area contributed by atoms with Gasteiger partial charge < -0.3 is 14.3 Å². The molecular formula is C16H16N2O3. The summed E-state index contributed by atoms with van der Waals surface area (Å²) in [6, 6.07) is 7.73. The molecule has 1 N–H and O–H groups in total. The lowest BCUT2D eigenvalue weighted by Gasteiger charge is -2.01. The number of benzene rings is 1. The van der Waals surface area contributed by atoms with Gasteiger partial charge in [0, 0.05) is 17.0 Å². The number of nitrogens with one attached hydrogen (secondary N) is 1. The summed E-state index contributed by atoms with van der Waals surface area (Å²) in [5.74, 6) is 0.944. The van der Waals surface area contributed by atoms with E-state index >= 15 is 0 Å². The van der Waals surface area contributed by atoms with Crippen LogP contribution in [-0.4, -0.2) is 11.1 Å². The van der Waals surface area contributed by atoms with Crippen LogP contribution in [0.15, 0.2) is 39.5 Å². The van der Waals surface area contributed by atoms with Crippen molar-refractivity contribution in [3.63, 3.8) is 0 Å². The summed E-state index contributed by atoms with van der Waals surface area (Å²) in [7, 11) is 0. The largest absolute Gasteiger partial charge is 0.464 e. The minimum absolute atomic E-state index is 0.145. The summed E-state index contributed by atoms with van der Waals surface area (Å²) >= 11 is 0. The third-order valence-corrected chi connectivity index (χ3v) is 3.37. The van der Waals surface area contributed by atoms with Crippen LogP contribution in [0.2, 0.25) is 0 Å². The number of furan rings is 1. The number of nitrogens with zero attached hydrogens (tertiary/aromatic N) is 1. The maximum absolute atomic E-state index is 12.1. The summed E-state index contributed by atoms with van der Waals surface area (Å²) in [6.07, 6.45) is 2.83. The van der Waals surface area contributed by atoms with Gasteiger partial charge in [0.05, 0.1) is 12.7 Å². The van der Waals surface area contributed by atoms with Crippen molar-refractivity contribution >= 4 is 22.7 Å². The van der Waals surface area contributed by atoms with Crippen LogP contribution >= 0.6 is 0 Å². The Bertz CT molecular complexity index is 786. The minimum Gasteiger partial charge on any atom is -0.464 e. The number of carbonyl (C=O) groups is 1. The van der Waals surface area contributed by atoms with Gasteiger partial charge in [-0.05, 0) is 31.0 Å². The normalized spacial score (nSPS) is 11.0. The summed E-state index contributed by atoms with van der Waals surface area (Å²) in [5.41, 5.74) is 2.89. The monoisotopic (exact) mass is 284 g/mol. The van der Waals surface area contributed by atoms with Crippen LogP contribution in [0.3, 0.4) is 0 Å². The molecule has 0 fully saturated rings. The molecule has 1 amide bonds. The molecular weight excluding hydrogens is 268 g/mol. The van der Waals surface area contributed by atoms with E-state index in [4.69, 9.17) is 8.94 Å². The third-order valence-electron chi connectivity index (χ3n) is 3.37. The fraction of sp³-hybridized carbons (Fsp3) is 0.250. The zero-order chi connectivity index (χ0) is 14.8. The second-order valence-electron chi connectivity index (χ2n) is 4.99. The predicted molar refractivity (Wildman–Crippen MR) is 79.2 cm³/mol. The Hall–Kier alpha value is -2.56. The molecule has 1 aromatic carbocycles. The quantitative estimate of drug-likeness (QED) is 0.796. The molecule has 0 spiro atoms. The lowest BCUT2D eigenvalue weighted by Crippen LogP contribution is -2.14. The van der Waals surface area contributed by atoms with E-state index in [0.29, 0.717) is 11.6 Å². The number of carbonyl (C=O) groups excluding carboxylic acids is 1. The Morgan fingerprint density at radius 2 is 2.19 bits per heavy atom. The molecule has 0 aliphatic carbocycles. The van der Waals surface area contributed by atoms with E-state index in [0.717, 1.165) is 23.0 Å². The molecule has 108 valence electrons. The van der Waals surface area contributed by atoms with Crippen LogP contribution in [0.25, 0.3) is 11.0 Å². The first-order valence-electron chi connectivity index (χ1n) is 6.88. The maximum atomic E-state index is 12.1. The number of rotatable bonds is 4. The first-order chi connectivity index (χ1) is 10.2. The summed E-state index contributed by atoms with van der Waals surface area (Å²) in [4.78, 5) is 12.1. The Kier molecular flexibility index (Phi) is 3.48. The number of hydrogen-bond donors (Lipinski definition) is 1. The van der Waals surface area contributed by atoms with E-state index in [-0.39, 0.29) is 12.3 Å². The van der Waals surface area contributed by atoms with Crippen molar-refractivity contribution in [3.05, 3.63) is 47.4 Å². The molecule has 0 aliphatic heterocycles. The average Bonchev–Trinajstić information content (AvgIpc) is 3.05. The van der Waals surface area contributed by atoms with Crippen molar-refractivity contribution in [2.75, 3.05) is 5.32 Å². The van der Waals surface area contributed by atoms with Crippen LogP contribution in [0.5, 0.6) is 0 Å². The van der Waals surface area contributed by atoms with E-state index in [2.05, 4.69) is 23.5 Å². The molecule has 0 radical (unpaired) electrons. The van der Waals surface area contributed by atoms with Gasteiger partial charge in [-0.25, -0.2) is 0 Å². The fourth-order valence-corrected chi connectivity index (χ4v) is 2.27. The van der Waals surface area contributed by atoms with Gasteiger partial charge in [0.1, 0.15) is 11.3 Å². The lowest BCUT2D eigenvalue weighted by molar-refractivity contribution is -0.115. The van der Waals surface area contributed by atoms with E-state index in [1.165, 1.54) is 5.56 Å². The lowest BCUT2D eigenvalue weighted by atomic mass is 10.1. The molecule has 5 heteroatoms. The van der Waals surface area contributed by atoms with Gasteiger partial charge >= 0.3 is 0 Å². The second-order valence-corrected chi connectivity index (χ2v) is 4.99. The van der Waals surface area contributed by atoms with Crippen molar-refractivity contribution in [1.29, 1.82) is 0 Å². The zero-order valence-electron chi connectivity index (χ0n) is 12.0. The van der Waals surface area contributed by atoms with Crippen molar-refractivity contribution in [2.24, 2.45) is 0 Å². The first kappa shape index (κ1) is 13.4. The van der Waals surface area contributed by atoms with Crippen molar-refractivity contribution in [3.8, 4) is 0 Å². The topological polar surface area (TPSA) is 68.3 Å². The molecule has 0 saturated carbocycles. The zero-order valence-corrected chi connectivity index (χ0v) is 12.0. The standard InChI is InChI=1S/C16H16N2O3/c1-3-11-4-5-14-13(7-11)12(9-20-14)8-16(19)17-15-6-10(2)21-18-15/h4-7,9H,3,8H2,1-2H3,(H,17,18,19). The van der Waals surface area contributed by atoms with Gasteiger partial charge in [-0.2, -0.15) is 0 Å². The van der Waals surface area contributed by atoms with Crippen molar-refractivity contribution < 1.29 is 13.7 Å².